The number of hydrogen-bond donors (Lipinski definition) is 1. The third-order valence-corrected chi connectivity index (χ3v) is 2.80. The van der Waals surface area contributed by atoms with Crippen molar-refractivity contribution in [2.45, 2.75) is 6.42 Å². The van der Waals surface area contributed by atoms with Gasteiger partial charge in [0.15, 0.2) is 0 Å². The van der Waals surface area contributed by atoms with Crippen LogP contribution >= 0.6 is 0 Å². The maximum Gasteiger partial charge on any atom is 0.261 e. The molecular weight excluding hydrogens is 252 g/mol. The molecule has 5 nitrogen and oxygen atoms in total. The van der Waals surface area contributed by atoms with E-state index in [9.17, 15) is 4.79 Å². The van der Waals surface area contributed by atoms with E-state index in [1.54, 1.807) is 0 Å². The van der Waals surface area contributed by atoms with Crippen LogP contribution in [0.4, 0.5) is 5.69 Å². The SMILES string of the molecule is CNC(=O)/C(C#N)=C/c1ccc(N(C)CCC#N)cc1. The summed E-state index contributed by atoms with van der Waals surface area (Å²) in [5.74, 6) is -0.400. The van der Waals surface area contributed by atoms with E-state index < -0.39 is 5.91 Å². The topological polar surface area (TPSA) is 79.9 Å². The van der Waals surface area contributed by atoms with Gasteiger partial charge in [-0.25, -0.2) is 0 Å². The highest BCUT2D eigenvalue weighted by molar-refractivity contribution is 6.01. The van der Waals surface area contributed by atoms with Gasteiger partial charge >= 0.3 is 0 Å². The van der Waals surface area contributed by atoms with Crippen LogP contribution in [0.5, 0.6) is 0 Å². The summed E-state index contributed by atoms with van der Waals surface area (Å²) in [7, 11) is 3.40. The predicted octanol–water partition coefficient (Wildman–Crippen LogP) is 1.69. The minimum atomic E-state index is -0.400. The number of carbonyl (C=O) groups is 1. The van der Waals surface area contributed by atoms with E-state index >= 15 is 0 Å². The molecule has 0 heterocycles. The molecule has 0 aromatic heterocycles. The Morgan fingerprint density at radius 1 is 1.35 bits per heavy atom. The van der Waals surface area contributed by atoms with E-state index in [-0.39, 0.29) is 5.57 Å². The van der Waals surface area contributed by atoms with Crippen molar-refractivity contribution in [3.63, 3.8) is 0 Å². The number of nitrogens with one attached hydrogen (secondary N) is 1. The average molecular weight is 268 g/mol. The van der Waals surface area contributed by atoms with Crippen molar-refractivity contribution in [1.29, 1.82) is 10.5 Å². The quantitative estimate of drug-likeness (QED) is 0.651. The molecule has 0 aliphatic carbocycles. The van der Waals surface area contributed by atoms with Crippen LogP contribution in [0.2, 0.25) is 0 Å². The Morgan fingerprint density at radius 2 is 2.00 bits per heavy atom. The van der Waals surface area contributed by atoms with Gasteiger partial charge in [-0.15, -0.1) is 0 Å². The zero-order chi connectivity index (χ0) is 15.0. The Morgan fingerprint density at radius 3 is 2.50 bits per heavy atom. The lowest BCUT2D eigenvalue weighted by Crippen LogP contribution is -2.19. The number of likely N-dealkylation sites (N-methyl/N-ethyl adjacent to an activating group) is 1. The normalized spacial score (nSPS) is 10.3. The summed E-state index contributed by atoms with van der Waals surface area (Å²) in [5.41, 5.74) is 1.83. The van der Waals surface area contributed by atoms with Crippen molar-refractivity contribution in [3.05, 3.63) is 35.4 Å². The van der Waals surface area contributed by atoms with Gasteiger partial charge in [0.05, 0.1) is 12.5 Å². The predicted molar refractivity (Wildman–Crippen MR) is 77.6 cm³/mol. The van der Waals surface area contributed by atoms with Gasteiger partial charge in [-0.2, -0.15) is 10.5 Å². The van der Waals surface area contributed by atoms with Crippen molar-refractivity contribution in [1.82, 2.24) is 5.32 Å². The third kappa shape index (κ3) is 4.15. The summed E-state index contributed by atoms with van der Waals surface area (Å²) in [5, 5.41) is 19.9. The molecule has 20 heavy (non-hydrogen) atoms. The van der Waals surface area contributed by atoms with Crippen LogP contribution < -0.4 is 10.2 Å². The number of benzene rings is 1. The van der Waals surface area contributed by atoms with Gasteiger partial charge in [-0.05, 0) is 23.8 Å². The fourth-order valence-electron chi connectivity index (χ4n) is 1.62. The van der Waals surface area contributed by atoms with E-state index in [2.05, 4.69) is 11.4 Å². The molecule has 0 aliphatic heterocycles. The van der Waals surface area contributed by atoms with Crippen molar-refractivity contribution in [2.24, 2.45) is 0 Å². The van der Waals surface area contributed by atoms with Gasteiger partial charge in [-0.1, -0.05) is 12.1 Å². The molecular formula is C15H16N4O. The second-order valence-corrected chi connectivity index (χ2v) is 4.17. The smallest absolute Gasteiger partial charge is 0.261 e. The molecule has 102 valence electrons. The minimum Gasteiger partial charge on any atom is -0.374 e. The van der Waals surface area contributed by atoms with Crippen molar-refractivity contribution < 1.29 is 4.79 Å². The number of anilines is 1. The van der Waals surface area contributed by atoms with Gasteiger partial charge in [-0.3, -0.25) is 4.79 Å². The van der Waals surface area contributed by atoms with E-state index in [0.717, 1.165) is 11.3 Å². The first-order chi connectivity index (χ1) is 9.62. The lowest BCUT2D eigenvalue weighted by molar-refractivity contribution is -0.116. The molecule has 0 spiro atoms. The first-order valence-electron chi connectivity index (χ1n) is 6.14. The molecule has 0 saturated heterocycles. The minimum absolute atomic E-state index is 0.0677. The number of nitrogens with zero attached hydrogens (tertiary/aromatic N) is 3. The Labute approximate surface area is 118 Å². The van der Waals surface area contributed by atoms with Gasteiger partial charge in [0.2, 0.25) is 0 Å². The summed E-state index contributed by atoms with van der Waals surface area (Å²) in [4.78, 5) is 13.4. The van der Waals surface area contributed by atoms with E-state index in [0.29, 0.717) is 13.0 Å². The second-order valence-electron chi connectivity index (χ2n) is 4.17. The summed E-state index contributed by atoms with van der Waals surface area (Å²) in [6.45, 7) is 0.660. The molecule has 1 N–H and O–H groups in total. The fraction of sp³-hybridized carbons (Fsp3) is 0.267. The van der Waals surface area contributed by atoms with Crippen LogP contribution in [0.25, 0.3) is 6.08 Å². The first kappa shape index (κ1) is 15.3. The third-order valence-electron chi connectivity index (χ3n) is 2.80. The van der Waals surface area contributed by atoms with Crippen molar-refractivity contribution in [3.8, 4) is 12.1 Å². The zero-order valence-corrected chi connectivity index (χ0v) is 11.6. The number of rotatable bonds is 5. The molecule has 0 unspecified atom stereocenters. The monoisotopic (exact) mass is 268 g/mol. The molecule has 1 rings (SSSR count). The van der Waals surface area contributed by atoms with Gasteiger partial charge in [0.25, 0.3) is 5.91 Å². The summed E-state index contributed by atoms with van der Waals surface area (Å²) >= 11 is 0. The highest BCUT2D eigenvalue weighted by Crippen LogP contribution is 2.16. The number of nitriles is 2. The van der Waals surface area contributed by atoms with Crippen molar-refractivity contribution >= 4 is 17.7 Å². The number of hydrogen-bond acceptors (Lipinski definition) is 4. The maximum atomic E-state index is 11.4. The van der Waals surface area contributed by atoms with Crippen LogP contribution in [0, 0.1) is 22.7 Å². The number of carbonyl (C=O) groups excluding carboxylic acids is 1. The molecule has 1 amide bonds. The Kier molecular flexibility index (Phi) is 5.80. The van der Waals surface area contributed by atoms with Gasteiger partial charge < -0.3 is 10.2 Å². The summed E-state index contributed by atoms with van der Waals surface area (Å²) in [6, 6.07) is 11.4. The van der Waals surface area contributed by atoms with E-state index in [4.69, 9.17) is 10.5 Å². The lowest BCUT2D eigenvalue weighted by atomic mass is 10.1. The Balaban J connectivity index is 2.87. The lowest BCUT2D eigenvalue weighted by Gasteiger charge is -2.17. The highest BCUT2D eigenvalue weighted by atomic mass is 16.1. The standard InChI is InChI=1S/C15H16N4O/c1-18-15(20)13(11-17)10-12-4-6-14(7-5-12)19(2)9-3-8-16/h4-7,10H,3,9H2,1-2H3,(H,18,20)/b13-10+. The molecule has 5 heteroatoms. The van der Waals surface area contributed by atoms with E-state index in [1.807, 2.05) is 42.3 Å². The van der Waals surface area contributed by atoms with Gasteiger partial charge in [0.1, 0.15) is 11.6 Å². The molecule has 0 fully saturated rings. The largest absolute Gasteiger partial charge is 0.374 e. The van der Waals surface area contributed by atoms with Crippen LogP contribution in [0.3, 0.4) is 0 Å². The second kappa shape index (κ2) is 7.60. The fourth-order valence-corrected chi connectivity index (χ4v) is 1.62. The van der Waals surface area contributed by atoms with Crippen LogP contribution in [-0.2, 0) is 4.79 Å². The molecule has 0 aliphatic rings. The first-order valence-corrected chi connectivity index (χ1v) is 6.14. The van der Waals surface area contributed by atoms with Crippen LogP contribution in [-0.4, -0.2) is 26.5 Å². The molecule has 1 aromatic rings. The zero-order valence-electron chi connectivity index (χ0n) is 11.6. The van der Waals surface area contributed by atoms with Gasteiger partial charge in [0, 0.05) is 26.3 Å². The Hall–Kier alpha value is -2.79. The average Bonchev–Trinajstić information content (AvgIpc) is 2.50. The van der Waals surface area contributed by atoms with Crippen molar-refractivity contribution in [2.75, 3.05) is 25.5 Å². The van der Waals surface area contributed by atoms with Crippen LogP contribution in [0.1, 0.15) is 12.0 Å². The maximum absolute atomic E-state index is 11.4. The van der Waals surface area contributed by atoms with Crippen LogP contribution in [0.15, 0.2) is 29.8 Å². The molecule has 0 atom stereocenters. The number of amides is 1. The molecule has 0 radical (unpaired) electrons. The summed E-state index contributed by atoms with van der Waals surface area (Å²) in [6.07, 6.45) is 2.01. The molecule has 0 saturated carbocycles. The molecule has 1 aromatic carbocycles. The highest BCUT2D eigenvalue weighted by Gasteiger charge is 2.06. The Bertz CT molecular complexity index is 575. The van der Waals surface area contributed by atoms with E-state index in [1.165, 1.54) is 13.1 Å². The molecule has 0 bridgehead atoms. The summed E-state index contributed by atoms with van der Waals surface area (Å²) < 4.78 is 0.